The minimum atomic E-state index is -4.40. The minimum absolute atomic E-state index is 0.106. The molecule has 1 spiro atoms. The summed E-state index contributed by atoms with van der Waals surface area (Å²) in [6.07, 6.45) is -1.93. The Labute approximate surface area is 174 Å². The lowest BCUT2D eigenvalue weighted by Crippen LogP contribution is -2.46. The molecular formula is C21H28ClF3N2O2. The molecule has 3 rings (SSSR count). The zero-order chi connectivity index (χ0) is 21.4. The molecule has 1 amide bonds. The van der Waals surface area contributed by atoms with Gasteiger partial charge in [0.15, 0.2) is 0 Å². The summed E-state index contributed by atoms with van der Waals surface area (Å²) in [5, 5.41) is 0.106. The number of benzene rings is 1. The van der Waals surface area contributed by atoms with Gasteiger partial charge in [0.05, 0.1) is 5.56 Å². The third-order valence-corrected chi connectivity index (χ3v) is 5.90. The van der Waals surface area contributed by atoms with Gasteiger partial charge < -0.3 is 9.64 Å². The van der Waals surface area contributed by atoms with Crippen LogP contribution in [0.4, 0.5) is 18.0 Å². The molecule has 0 radical (unpaired) electrons. The zero-order valence-corrected chi connectivity index (χ0v) is 17.9. The largest absolute Gasteiger partial charge is 0.444 e. The molecule has 0 saturated carbocycles. The van der Waals surface area contributed by atoms with Crippen LogP contribution in [0.25, 0.3) is 0 Å². The monoisotopic (exact) mass is 432 g/mol. The van der Waals surface area contributed by atoms with E-state index in [0.29, 0.717) is 25.2 Å². The van der Waals surface area contributed by atoms with Crippen LogP contribution in [0, 0.1) is 5.41 Å². The van der Waals surface area contributed by atoms with E-state index in [1.807, 2.05) is 20.8 Å². The van der Waals surface area contributed by atoms with Crippen molar-refractivity contribution in [1.29, 1.82) is 0 Å². The van der Waals surface area contributed by atoms with Gasteiger partial charge in [0.1, 0.15) is 5.60 Å². The Morgan fingerprint density at radius 1 is 1.10 bits per heavy atom. The molecule has 29 heavy (non-hydrogen) atoms. The fraction of sp³-hybridized carbons (Fsp3) is 0.667. The van der Waals surface area contributed by atoms with Crippen molar-refractivity contribution in [3.63, 3.8) is 0 Å². The van der Waals surface area contributed by atoms with E-state index >= 15 is 0 Å². The highest BCUT2D eigenvalue weighted by Crippen LogP contribution is 2.41. The highest BCUT2D eigenvalue weighted by Gasteiger charge is 2.42. The van der Waals surface area contributed by atoms with Gasteiger partial charge in [0, 0.05) is 31.2 Å². The molecule has 0 bridgehead atoms. The molecule has 2 fully saturated rings. The van der Waals surface area contributed by atoms with Gasteiger partial charge >= 0.3 is 12.3 Å². The second-order valence-corrected chi connectivity index (χ2v) is 9.71. The van der Waals surface area contributed by atoms with Gasteiger partial charge in [-0.1, -0.05) is 11.6 Å². The molecule has 162 valence electrons. The van der Waals surface area contributed by atoms with Crippen molar-refractivity contribution in [1.82, 2.24) is 9.80 Å². The number of carbonyl (C=O) groups is 1. The van der Waals surface area contributed by atoms with Crippen molar-refractivity contribution in [3.8, 4) is 0 Å². The molecule has 0 atom stereocenters. The van der Waals surface area contributed by atoms with E-state index in [1.165, 1.54) is 6.07 Å². The number of hydrogen-bond donors (Lipinski definition) is 0. The Bertz CT molecular complexity index is 753. The standard InChI is InChI=1S/C21H28ClF3N2O2/c1-19(2,3)29-18(28)27-8-5-20(6-9-27)4-7-26(14-20)13-15-10-16(21(23,24)25)12-17(22)11-15/h10-12H,4-9,13-14H2,1-3H3. The smallest absolute Gasteiger partial charge is 0.416 e. The van der Waals surface area contributed by atoms with E-state index < -0.39 is 17.3 Å². The van der Waals surface area contributed by atoms with Gasteiger partial charge in [-0.15, -0.1) is 0 Å². The highest BCUT2D eigenvalue weighted by atomic mass is 35.5. The first-order chi connectivity index (χ1) is 13.4. The Morgan fingerprint density at radius 2 is 1.72 bits per heavy atom. The molecule has 2 aliphatic heterocycles. The van der Waals surface area contributed by atoms with Crippen molar-refractivity contribution in [2.24, 2.45) is 5.41 Å². The summed E-state index contributed by atoms with van der Waals surface area (Å²) in [4.78, 5) is 16.2. The number of likely N-dealkylation sites (tertiary alicyclic amines) is 2. The summed E-state index contributed by atoms with van der Waals surface area (Å²) in [5.41, 5.74) is -0.528. The van der Waals surface area contributed by atoms with Crippen molar-refractivity contribution in [2.45, 2.75) is 58.4 Å². The lowest BCUT2D eigenvalue weighted by Gasteiger charge is -2.39. The summed E-state index contributed by atoms with van der Waals surface area (Å²) in [5.74, 6) is 0. The van der Waals surface area contributed by atoms with Gasteiger partial charge in [-0.2, -0.15) is 13.2 Å². The maximum Gasteiger partial charge on any atom is 0.416 e. The molecule has 0 unspecified atom stereocenters. The summed E-state index contributed by atoms with van der Waals surface area (Å²) >= 11 is 5.91. The molecule has 8 heteroatoms. The fourth-order valence-corrected chi connectivity index (χ4v) is 4.48. The van der Waals surface area contributed by atoms with Gasteiger partial charge in [-0.25, -0.2) is 4.79 Å². The van der Waals surface area contributed by atoms with Gasteiger partial charge in [-0.3, -0.25) is 4.90 Å². The van der Waals surface area contributed by atoms with Crippen molar-refractivity contribution >= 4 is 17.7 Å². The summed E-state index contributed by atoms with van der Waals surface area (Å²) in [6, 6.07) is 3.75. The number of rotatable bonds is 2. The number of carbonyl (C=O) groups excluding carboxylic acids is 1. The maximum absolute atomic E-state index is 13.0. The van der Waals surface area contributed by atoms with Gasteiger partial charge in [0.25, 0.3) is 0 Å². The number of ether oxygens (including phenoxy) is 1. The lowest BCUT2D eigenvalue weighted by atomic mass is 9.78. The number of hydrogen-bond acceptors (Lipinski definition) is 3. The van der Waals surface area contributed by atoms with Crippen LogP contribution in [-0.2, 0) is 17.5 Å². The number of piperidine rings is 1. The van der Waals surface area contributed by atoms with Crippen molar-refractivity contribution in [2.75, 3.05) is 26.2 Å². The first kappa shape index (κ1) is 22.2. The predicted octanol–water partition coefficient (Wildman–Crippen LogP) is 5.58. The molecule has 1 aromatic rings. The fourth-order valence-electron chi connectivity index (χ4n) is 4.22. The van der Waals surface area contributed by atoms with Gasteiger partial charge in [0.2, 0.25) is 0 Å². The van der Waals surface area contributed by atoms with Crippen LogP contribution >= 0.6 is 11.6 Å². The molecule has 1 aromatic carbocycles. The number of amides is 1. The van der Waals surface area contributed by atoms with E-state index in [1.54, 1.807) is 11.0 Å². The second kappa shape index (κ2) is 7.99. The van der Waals surface area contributed by atoms with E-state index in [9.17, 15) is 18.0 Å². The normalized spacial score (nSPS) is 20.3. The van der Waals surface area contributed by atoms with Gasteiger partial charge in [-0.05, 0) is 75.8 Å². The third-order valence-electron chi connectivity index (χ3n) is 5.68. The molecule has 2 heterocycles. The highest BCUT2D eigenvalue weighted by molar-refractivity contribution is 6.30. The molecule has 0 aromatic heterocycles. The third kappa shape index (κ3) is 5.79. The molecular weight excluding hydrogens is 405 g/mol. The van der Waals surface area contributed by atoms with Crippen molar-refractivity contribution in [3.05, 3.63) is 34.3 Å². The molecule has 2 saturated heterocycles. The first-order valence-electron chi connectivity index (χ1n) is 9.92. The maximum atomic E-state index is 13.0. The van der Waals surface area contributed by atoms with E-state index in [4.69, 9.17) is 16.3 Å². The Kier molecular flexibility index (Phi) is 6.12. The number of alkyl halides is 3. The van der Waals surface area contributed by atoms with E-state index in [2.05, 4.69) is 4.90 Å². The quantitative estimate of drug-likeness (QED) is 0.611. The first-order valence-corrected chi connectivity index (χ1v) is 10.3. The van der Waals surface area contributed by atoms with Crippen LogP contribution in [0.15, 0.2) is 18.2 Å². The van der Waals surface area contributed by atoms with E-state index in [0.717, 1.165) is 38.4 Å². The second-order valence-electron chi connectivity index (χ2n) is 9.27. The predicted molar refractivity (Wildman–Crippen MR) is 106 cm³/mol. The van der Waals surface area contributed by atoms with Crippen LogP contribution in [0.2, 0.25) is 5.02 Å². The zero-order valence-electron chi connectivity index (χ0n) is 17.1. The van der Waals surface area contributed by atoms with Crippen LogP contribution in [-0.4, -0.2) is 47.7 Å². The topological polar surface area (TPSA) is 32.8 Å². The van der Waals surface area contributed by atoms with Crippen molar-refractivity contribution < 1.29 is 22.7 Å². The lowest BCUT2D eigenvalue weighted by molar-refractivity contribution is -0.137. The average molecular weight is 433 g/mol. The average Bonchev–Trinajstić information content (AvgIpc) is 2.94. The molecule has 2 aliphatic rings. The Hall–Kier alpha value is -1.47. The number of halogens is 4. The number of nitrogens with zero attached hydrogens (tertiary/aromatic N) is 2. The molecule has 4 nitrogen and oxygen atoms in total. The molecule has 0 N–H and O–H groups in total. The summed E-state index contributed by atoms with van der Waals surface area (Å²) in [6.45, 7) is 8.96. The summed E-state index contributed by atoms with van der Waals surface area (Å²) < 4.78 is 44.6. The van der Waals surface area contributed by atoms with Crippen LogP contribution < -0.4 is 0 Å². The van der Waals surface area contributed by atoms with Crippen LogP contribution in [0.3, 0.4) is 0 Å². The minimum Gasteiger partial charge on any atom is -0.444 e. The van der Waals surface area contributed by atoms with Crippen LogP contribution in [0.1, 0.15) is 51.2 Å². The molecule has 0 aliphatic carbocycles. The Morgan fingerprint density at radius 3 is 2.31 bits per heavy atom. The van der Waals surface area contributed by atoms with Crippen LogP contribution in [0.5, 0.6) is 0 Å². The Balaban J connectivity index is 1.57. The summed E-state index contributed by atoms with van der Waals surface area (Å²) in [7, 11) is 0. The van der Waals surface area contributed by atoms with E-state index in [-0.39, 0.29) is 16.5 Å². The SMILES string of the molecule is CC(C)(C)OC(=O)N1CCC2(CCN(Cc3cc(Cl)cc(C(F)(F)F)c3)C2)CC1.